The molecule has 2 aromatic heterocycles. The Labute approximate surface area is 269 Å². The first-order chi connectivity index (χ1) is 21.7. The van der Waals surface area contributed by atoms with E-state index in [4.69, 9.17) is 9.15 Å². The molecule has 0 unspecified atom stereocenters. The number of likely N-dealkylation sites (tertiary alicyclic amines) is 1. The Morgan fingerprint density at radius 3 is 2.22 bits per heavy atom. The van der Waals surface area contributed by atoms with Crippen molar-refractivity contribution in [3.05, 3.63) is 71.2 Å². The summed E-state index contributed by atoms with van der Waals surface area (Å²) in [6.45, 7) is 13.3. The van der Waals surface area contributed by atoms with Crippen molar-refractivity contribution in [1.82, 2.24) is 30.7 Å². The van der Waals surface area contributed by atoms with Crippen LogP contribution in [0.5, 0.6) is 5.75 Å². The number of amides is 3. The molecule has 246 valence electrons. The van der Waals surface area contributed by atoms with Gasteiger partial charge in [-0.05, 0) is 81.3 Å². The largest absolute Gasteiger partial charge is 0.497 e. The minimum Gasteiger partial charge on any atom is -0.497 e. The van der Waals surface area contributed by atoms with Gasteiger partial charge in [0, 0.05) is 18.3 Å². The second-order valence-electron chi connectivity index (χ2n) is 13.0. The number of Topliss-reactive ketones (excluding diaryl/α,β-unsaturated/α-hetero) is 1. The Balaban J connectivity index is 1.47. The summed E-state index contributed by atoms with van der Waals surface area (Å²) in [5.41, 5.74) is 1.35. The van der Waals surface area contributed by atoms with Gasteiger partial charge in [0.05, 0.1) is 24.3 Å². The maximum atomic E-state index is 13.8. The molecule has 3 heterocycles. The van der Waals surface area contributed by atoms with E-state index in [9.17, 15) is 19.2 Å². The monoisotopic (exact) mass is 632 g/mol. The van der Waals surface area contributed by atoms with Crippen LogP contribution in [-0.4, -0.2) is 75.4 Å². The highest BCUT2D eigenvalue weighted by atomic mass is 16.5. The molecule has 3 aromatic rings. The van der Waals surface area contributed by atoms with Crippen molar-refractivity contribution in [2.24, 2.45) is 11.8 Å². The number of aromatic nitrogens is 3. The number of hydrogen-bond acceptors (Lipinski definition) is 9. The Morgan fingerprint density at radius 1 is 0.957 bits per heavy atom. The highest BCUT2D eigenvalue weighted by Crippen LogP contribution is 2.29. The van der Waals surface area contributed by atoms with Crippen LogP contribution in [0, 0.1) is 18.8 Å². The van der Waals surface area contributed by atoms with Gasteiger partial charge in [-0.1, -0.05) is 33.8 Å². The molecule has 1 aromatic carbocycles. The fraction of sp³-hybridized carbons (Fsp3) is 0.500. The van der Waals surface area contributed by atoms with Crippen molar-refractivity contribution < 1.29 is 28.3 Å². The third-order valence-corrected chi connectivity index (χ3v) is 8.38. The van der Waals surface area contributed by atoms with Gasteiger partial charge >= 0.3 is 0 Å². The van der Waals surface area contributed by atoms with E-state index < -0.39 is 41.1 Å². The summed E-state index contributed by atoms with van der Waals surface area (Å²) in [6.07, 6.45) is 2.78. The lowest BCUT2D eigenvalue weighted by Crippen LogP contribution is -2.57. The zero-order valence-electron chi connectivity index (χ0n) is 27.8. The summed E-state index contributed by atoms with van der Waals surface area (Å²) >= 11 is 0. The molecule has 1 aliphatic heterocycles. The first-order valence-electron chi connectivity index (χ1n) is 15.6. The fourth-order valence-corrected chi connectivity index (χ4v) is 5.40. The highest BCUT2D eigenvalue weighted by Gasteiger charge is 2.41. The molecule has 12 nitrogen and oxygen atoms in total. The predicted octanol–water partition coefficient (Wildman–Crippen LogP) is 3.88. The molecule has 0 aliphatic carbocycles. The summed E-state index contributed by atoms with van der Waals surface area (Å²) in [7, 11) is 1.54. The Morgan fingerprint density at radius 2 is 1.63 bits per heavy atom. The van der Waals surface area contributed by atoms with Crippen LogP contribution in [0.1, 0.15) is 92.6 Å². The first kappa shape index (κ1) is 34.3. The predicted molar refractivity (Wildman–Crippen MR) is 170 cm³/mol. The number of pyridine rings is 1. The van der Waals surface area contributed by atoms with E-state index in [0.717, 1.165) is 5.56 Å². The summed E-state index contributed by atoms with van der Waals surface area (Å²) in [4.78, 5) is 60.0. The van der Waals surface area contributed by atoms with E-state index in [1.54, 1.807) is 44.3 Å². The maximum absolute atomic E-state index is 13.8. The van der Waals surface area contributed by atoms with Gasteiger partial charge in [0.25, 0.3) is 11.8 Å². The number of methoxy groups -OCH3 is 1. The van der Waals surface area contributed by atoms with Gasteiger partial charge in [0.15, 0.2) is 0 Å². The van der Waals surface area contributed by atoms with Crippen molar-refractivity contribution in [2.75, 3.05) is 13.7 Å². The highest BCUT2D eigenvalue weighted by molar-refractivity contribution is 6.01. The summed E-state index contributed by atoms with van der Waals surface area (Å²) in [5, 5.41) is 13.9. The zero-order valence-corrected chi connectivity index (χ0v) is 27.8. The number of ketones is 1. The van der Waals surface area contributed by atoms with Gasteiger partial charge in [0.1, 0.15) is 17.8 Å². The molecular formula is C34H44N6O6. The molecule has 1 fully saturated rings. The molecule has 1 saturated heterocycles. The van der Waals surface area contributed by atoms with Gasteiger partial charge in [-0.2, -0.15) is 0 Å². The van der Waals surface area contributed by atoms with Crippen molar-refractivity contribution in [2.45, 2.75) is 84.8 Å². The third kappa shape index (κ3) is 7.43. The number of aryl methyl sites for hydroxylation is 1. The number of rotatable bonds is 12. The van der Waals surface area contributed by atoms with Crippen LogP contribution in [-0.2, 0) is 15.0 Å². The molecule has 1 aliphatic rings. The van der Waals surface area contributed by atoms with E-state index in [-0.39, 0.29) is 29.5 Å². The van der Waals surface area contributed by atoms with E-state index >= 15 is 0 Å². The van der Waals surface area contributed by atoms with E-state index in [1.807, 2.05) is 46.8 Å². The van der Waals surface area contributed by atoms with Crippen LogP contribution < -0.4 is 15.4 Å². The molecule has 0 saturated carbocycles. The first-order valence-corrected chi connectivity index (χ1v) is 15.6. The van der Waals surface area contributed by atoms with Gasteiger partial charge in [-0.3, -0.25) is 24.2 Å². The van der Waals surface area contributed by atoms with Gasteiger partial charge in [-0.25, -0.2) is 0 Å². The number of hydrogen-bond donors (Lipinski definition) is 2. The molecule has 0 spiro atoms. The number of nitrogens with one attached hydrogen (secondary N) is 2. The van der Waals surface area contributed by atoms with Crippen LogP contribution in [0.15, 0.2) is 47.0 Å². The molecular weight excluding hydrogens is 588 g/mol. The van der Waals surface area contributed by atoms with Gasteiger partial charge < -0.3 is 24.7 Å². The Hall–Kier alpha value is -4.61. The van der Waals surface area contributed by atoms with Crippen LogP contribution in [0.3, 0.4) is 0 Å². The van der Waals surface area contributed by atoms with E-state index in [2.05, 4.69) is 25.8 Å². The summed E-state index contributed by atoms with van der Waals surface area (Å²) < 4.78 is 11.0. The minimum absolute atomic E-state index is 0.213. The summed E-state index contributed by atoms with van der Waals surface area (Å²) in [5.74, 6) is -1.65. The third-order valence-electron chi connectivity index (χ3n) is 8.38. The van der Waals surface area contributed by atoms with Crippen LogP contribution in [0.2, 0.25) is 0 Å². The molecule has 0 bridgehead atoms. The minimum atomic E-state index is -0.963. The van der Waals surface area contributed by atoms with Crippen LogP contribution >= 0.6 is 0 Å². The van der Waals surface area contributed by atoms with E-state index in [0.29, 0.717) is 36.4 Å². The molecule has 46 heavy (non-hydrogen) atoms. The van der Waals surface area contributed by atoms with Crippen molar-refractivity contribution >= 4 is 23.5 Å². The fourth-order valence-electron chi connectivity index (χ4n) is 5.40. The van der Waals surface area contributed by atoms with Crippen LogP contribution in [0.4, 0.5) is 0 Å². The quantitative estimate of drug-likeness (QED) is 0.283. The molecule has 12 heteroatoms. The second-order valence-corrected chi connectivity index (χ2v) is 13.0. The number of carbonyl (C=O) groups is 4. The molecule has 2 N–H and O–H groups in total. The van der Waals surface area contributed by atoms with E-state index in [1.165, 1.54) is 12.0 Å². The van der Waals surface area contributed by atoms with Gasteiger partial charge in [0.2, 0.25) is 23.5 Å². The Kier molecular flexibility index (Phi) is 10.6. The number of benzene rings is 1. The smallest absolute Gasteiger partial charge is 0.286 e. The number of ether oxygens (including phenoxy) is 1. The van der Waals surface area contributed by atoms with Crippen LogP contribution in [0.25, 0.3) is 0 Å². The van der Waals surface area contributed by atoms with Crippen molar-refractivity contribution in [3.63, 3.8) is 0 Å². The molecule has 0 radical (unpaired) electrons. The lowest BCUT2D eigenvalue weighted by molar-refractivity contribution is -0.140. The maximum Gasteiger partial charge on any atom is 0.286 e. The van der Waals surface area contributed by atoms with Crippen molar-refractivity contribution in [1.29, 1.82) is 0 Å². The average molecular weight is 633 g/mol. The lowest BCUT2D eigenvalue weighted by atomic mass is 9.88. The molecule has 3 atom stereocenters. The topological polar surface area (TPSA) is 157 Å². The normalized spacial score (nSPS) is 16.3. The molecule has 3 amide bonds. The molecule has 4 rings (SSSR count). The number of carbonyl (C=O) groups excluding carboxylic acids is 4. The second kappa shape index (κ2) is 14.2. The standard InChI is InChI=1S/C34H44N6O6/c1-19(2)26(28(41)31-38-39-33(46-31)34(6,7)25-16-11-21(5)18-35-25)36-30(43)24-10-9-17-40(24)32(44)27(20(3)4)37-29(42)22-12-14-23(45-8)15-13-22/h11-16,18-20,24,26-27H,9-10,17H2,1-8H3,(H,36,43)(H,37,42)/t24-,26-,27-/m0/s1. The SMILES string of the molecule is COc1ccc(C(=O)N[C@H](C(=O)N2CCC[C@H]2C(=O)N[C@H](C(=O)c2nnc(C(C)(C)c3ccc(C)cn3)o2)C(C)C)C(C)C)cc1. The van der Waals surface area contributed by atoms with Gasteiger partial charge in [-0.15, -0.1) is 10.2 Å². The number of nitrogens with zero attached hydrogens (tertiary/aromatic N) is 4. The Bertz CT molecular complexity index is 1550. The lowest BCUT2D eigenvalue weighted by Gasteiger charge is -2.31. The summed E-state index contributed by atoms with van der Waals surface area (Å²) in [6, 6.07) is 7.79. The van der Waals surface area contributed by atoms with Crippen molar-refractivity contribution in [3.8, 4) is 5.75 Å². The zero-order chi connectivity index (χ0) is 33.8. The average Bonchev–Trinajstić information content (AvgIpc) is 3.73.